The molecule has 7 heteroatoms. The third-order valence-electron chi connectivity index (χ3n) is 2.67. The van der Waals surface area contributed by atoms with Crippen LogP contribution in [-0.4, -0.2) is 18.4 Å². The molecular formula is C8H11F6N. The minimum Gasteiger partial charge on any atom is -0.328 e. The minimum atomic E-state index is -4.58. The molecular weight excluding hydrogens is 224 g/mol. The summed E-state index contributed by atoms with van der Waals surface area (Å²) in [6, 6.07) is -1.02. The zero-order chi connectivity index (χ0) is 11.9. The Balaban J connectivity index is 2.73. The van der Waals surface area contributed by atoms with Gasteiger partial charge < -0.3 is 5.73 Å². The van der Waals surface area contributed by atoms with Crippen molar-refractivity contribution in [2.45, 2.75) is 37.7 Å². The second-order valence-electron chi connectivity index (χ2n) is 3.94. The highest BCUT2D eigenvalue weighted by molar-refractivity contribution is 4.87. The van der Waals surface area contributed by atoms with Gasteiger partial charge in [0.2, 0.25) is 0 Å². The summed E-state index contributed by atoms with van der Waals surface area (Å²) in [6.45, 7) is 0. The van der Waals surface area contributed by atoms with Gasteiger partial charge in [0.1, 0.15) is 0 Å². The van der Waals surface area contributed by atoms with Gasteiger partial charge in [-0.15, -0.1) is 0 Å². The van der Waals surface area contributed by atoms with Gasteiger partial charge in [0, 0.05) is 6.04 Å². The predicted octanol–water partition coefficient (Wildman–Crippen LogP) is 2.85. The number of hydrogen-bond acceptors (Lipinski definition) is 1. The minimum absolute atomic E-state index is 0.407. The quantitative estimate of drug-likeness (QED) is 0.642. The summed E-state index contributed by atoms with van der Waals surface area (Å²) in [5.41, 5.74) is 5.21. The van der Waals surface area contributed by atoms with Gasteiger partial charge in [-0.2, -0.15) is 26.3 Å². The van der Waals surface area contributed by atoms with Crippen LogP contribution in [0.5, 0.6) is 0 Å². The largest absolute Gasteiger partial charge is 0.391 e. The lowest BCUT2D eigenvalue weighted by molar-refractivity contribution is -0.224. The molecule has 1 aliphatic carbocycles. The third kappa shape index (κ3) is 3.25. The number of halogens is 6. The van der Waals surface area contributed by atoms with Crippen molar-refractivity contribution in [2.75, 3.05) is 0 Å². The second-order valence-corrected chi connectivity index (χ2v) is 3.94. The van der Waals surface area contributed by atoms with Crippen molar-refractivity contribution in [3.63, 3.8) is 0 Å². The molecule has 0 saturated heterocycles. The highest BCUT2D eigenvalue weighted by Gasteiger charge is 2.51. The first kappa shape index (κ1) is 12.6. The van der Waals surface area contributed by atoms with Crippen molar-refractivity contribution < 1.29 is 26.3 Å². The van der Waals surface area contributed by atoms with Crippen LogP contribution in [0.2, 0.25) is 0 Å². The Kier molecular flexibility index (Phi) is 3.23. The average molecular weight is 235 g/mol. The summed E-state index contributed by atoms with van der Waals surface area (Å²) in [5.74, 6) is -3.85. The van der Waals surface area contributed by atoms with E-state index in [1.54, 1.807) is 0 Å². The summed E-state index contributed by atoms with van der Waals surface area (Å²) >= 11 is 0. The monoisotopic (exact) mass is 235 g/mol. The molecule has 0 aromatic carbocycles. The molecule has 15 heavy (non-hydrogen) atoms. The Morgan fingerprint density at radius 3 is 1.33 bits per heavy atom. The summed E-state index contributed by atoms with van der Waals surface area (Å²) in [5, 5.41) is 0. The lowest BCUT2D eigenvalue weighted by Gasteiger charge is -2.35. The fraction of sp³-hybridized carbons (Fsp3) is 1.00. The molecule has 0 aliphatic heterocycles. The molecule has 0 amide bonds. The molecule has 0 aromatic heterocycles. The highest BCUT2D eigenvalue weighted by atomic mass is 19.4. The van der Waals surface area contributed by atoms with Crippen LogP contribution in [0.1, 0.15) is 19.3 Å². The molecule has 2 N–H and O–H groups in total. The normalized spacial score (nSPS) is 34.2. The lowest BCUT2D eigenvalue weighted by atomic mass is 9.78. The number of rotatable bonds is 0. The SMILES string of the molecule is NC1CC(C(F)(F)F)CC(C(F)(F)F)C1. The third-order valence-corrected chi connectivity index (χ3v) is 2.67. The van der Waals surface area contributed by atoms with Crippen molar-refractivity contribution in [1.29, 1.82) is 0 Å². The first-order valence-corrected chi connectivity index (χ1v) is 4.49. The zero-order valence-electron chi connectivity index (χ0n) is 7.70. The molecule has 0 heterocycles. The molecule has 1 aliphatic rings. The molecule has 1 fully saturated rings. The smallest absolute Gasteiger partial charge is 0.328 e. The van der Waals surface area contributed by atoms with E-state index < -0.39 is 49.5 Å². The predicted molar refractivity (Wildman–Crippen MR) is 40.9 cm³/mol. The van der Waals surface area contributed by atoms with E-state index in [-0.39, 0.29) is 0 Å². The maximum Gasteiger partial charge on any atom is 0.391 e. The van der Waals surface area contributed by atoms with E-state index in [1.807, 2.05) is 0 Å². The molecule has 1 saturated carbocycles. The Labute approximate surface area is 82.6 Å². The number of alkyl halides is 6. The second kappa shape index (κ2) is 3.84. The fourth-order valence-electron chi connectivity index (χ4n) is 1.90. The molecule has 1 nitrogen and oxygen atoms in total. The van der Waals surface area contributed by atoms with E-state index in [1.165, 1.54) is 0 Å². The molecule has 0 radical (unpaired) electrons. The average Bonchev–Trinajstić information content (AvgIpc) is 1.99. The van der Waals surface area contributed by atoms with Crippen molar-refractivity contribution in [3.05, 3.63) is 0 Å². The zero-order valence-corrected chi connectivity index (χ0v) is 7.70. The van der Waals surface area contributed by atoms with Gasteiger partial charge in [-0.3, -0.25) is 0 Å². The van der Waals surface area contributed by atoms with Gasteiger partial charge in [-0.05, 0) is 19.3 Å². The van der Waals surface area contributed by atoms with E-state index in [2.05, 4.69) is 0 Å². The maximum atomic E-state index is 12.3. The molecule has 0 spiro atoms. The van der Waals surface area contributed by atoms with Gasteiger partial charge in [-0.1, -0.05) is 0 Å². The topological polar surface area (TPSA) is 26.0 Å². The van der Waals surface area contributed by atoms with Crippen LogP contribution in [0.4, 0.5) is 26.3 Å². The van der Waals surface area contributed by atoms with Gasteiger partial charge >= 0.3 is 12.4 Å². The van der Waals surface area contributed by atoms with E-state index in [9.17, 15) is 26.3 Å². The van der Waals surface area contributed by atoms with Crippen LogP contribution >= 0.6 is 0 Å². The van der Waals surface area contributed by atoms with Crippen LogP contribution < -0.4 is 5.73 Å². The van der Waals surface area contributed by atoms with Crippen LogP contribution in [0.3, 0.4) is 0 Å². The van der Waals surface area contributed by atoms with Crippen molar-refractivity contribution >= 4 is 0 Å². The van der Waals surface area contributed by atoms with Crippen LogP contribution in [0.25, 0.3) is 0 Å². The molecule has 1 rings (SSSR count). The Morgan fingerprint density at radius 2 is 1.07 bits per heavy atom. The van der Waals surface area contributed by atoms with E-state index in [4.69, 9.17) is 5.73 Å². The number of hydrogen-bond donors (Lipinski definition) is 1. The number of nitrogens with two attached hydrogens (primary N) is 1. The van der Waals surface area contributed by atoms with Crippen molar-refractivity contribution in [3.8, 4) is 0 Å². The summed E-state index contributed by atoms with van der Waals surface area (Å²) in [7, 11) is 0. The van der Waals surface area contributed by atoms with E-state index in [0.717, 1.165) is 0 Å². The maximum absolute atomic E-state index is 12.3. The highest BCUT2D eigenvalue weighted by Crippen LogP contribution is 2.44. The summed E-state index contributed by atoms with van der Waals surface area (Å²) in [6.07, 6.45) is -10.9. The Morgan fingerprint density at radius 1 is 0.733 bits per heavy atom. The first-order valence-electron chi connectivity index (χ1n) is 4.49. The van der Waals surface area contributed by atoms with Crippen LogP contribution in [0, 0.1) is 11.8 Å². The molecule has 0 aromatic rings. The fourth-order valence-corrected chi connectivity index (χ4v) is 1.90. The Bertz CT molecular complexity index is 198. The van der Waals surface area contributed by atoms with Crippen LogP contribution in [0.15, 0.2) is 0 Å². The van der Waals surface area contributed by atoms with Crippen molar-refractivity contribution in [1.82, 2.24) is 0 Å². The van der Waals surface area contributed by atoms with Gasteiger partial charge in [0.05, 0.1) is 11.8 Å². The summed E-state index contributed by atoms with van der Waals surface area (Å²) in [4.78, 5) is 0. The standard InChI is InChI=1S/C8H11F6N/c9-7(10,11)4-1-5(8(12,13)14)3-6(15)2-4/h4-6H,1-3,15H2. The Hall–Kier alpha value is -0.460. The first-order chi connectivity index (χ1) is 6.60. The van der Waals surface area contributed by atoms with Crippen LogP contribution in [-0.2, 0) is 0 Å². The summed E-state index contributed by atoms with van der Waals surface area (Å²) < 4.78 is 73.5. The van der Waals surface area contributed by atoms with Gasteiger partial charge in [0.25, 0.3) is 0 Å². The molecule has 90 valence electrons. The van der Waals surface area contributed by atoms with Crippen molar-refractivity contribution in [2.24, 2.45) is 17.6 Å². The van der Waals surface area contributed by atoms with Gasteiger partial charge in [-0.25, -0.2) is 0 Å². The molecule has 0 bridgehead atoms. The molecule has 2 unspecified atom stereocenters. The lowest BCUT2D eigenvalue weighted by Crippen LogP contribution is -2.43. The molecule has 2 atom stereocenters. The van der Waals surface area contributed by atoms with E-state index >= 15 is 0 Å². The van der Waals surface area contributed by atoms with Gasteiger partial charge in [0.15, 0.2) is 0 Å². The van der Waals surface area contributed by atoms with E-state index in [0.29, 0.717) is 0 Å².